The van der Waals surface area contributed by atoms with Gasteiger partial charge in [-0.2, -0.15) is 4.68 Å². The summed E-state index contributed by atoms with van der Waals surface area (Å²) in [7, 11) is 0. The Morgan fingerprint density at radius 2 is 1.93 bits per heavy atom. The number of esters is 1. The number of benzene rings is 2. The Labute approximate surface area is 154 Å². The zero-order chi connectivity index (χ0) is 18.8. The molecule has 27 heavy (non-hydrogen) atoms. The molecule has 1 atom stereocenters. The van der Waals surface area contributed by atoms with Gasteiger partial charge in [0.25, 0.3) is 0 Å². The van der Waals surface area contributed by atoms with Crippen LogP contribution < -0.4 is 5.32 Å². The fraction of sp³-hybridized carbons (Fsp3) is 0.158. The summed E-state index contributed by atoms with van der Waals surface area (Å²) in [6, 6.07) is 14.7. The third kappa shape index (κ3) is 2.95. The second-order valence-corrected chi connectivity index (χ2v) is 5.87. The highest BCUT2D eigenvalue weighted by atomic mass is 19.1. The van der Waals surface area contributed by atoms with Crippen LogP contribution in [0.4, 0.5) is 10.3 Å². The van der Waals surface area contributed by atoms with Crippen molar-refractivity contribution in [3.63, 3.8) is 0 Å². The van der Waals surface area contributed by atoms with E-state index in [9.17, 15) is 9.18 Å². The number of fused-ring (bicyclic) bond motifs is 1. The Balaban J connectivity index is 1.99. The van der Waals surface area contributed by atoms with Crippen molar-refractivity contribution in [2.45, 2.75) is 13.0 Å². The monoisotopic (exact) mass is 365 g/mol. The molecule has 1 aliphatic rings. The number of halogens is 1. The summed E-state index contributed by atoms with van der Waals surface area (Å²) >= 11 is 0. The standard InChI is InChI=1S/C19H16FN5O2/c1-2-27-18(26)15-16(12-8-4-3-5-9-12)21-19-22-23-24-25(19)17(15)13-10-6-7-11-14(13)20/h3-11,17H,2H2,1H3,(H,21,22,24). The molecule has 0 amide bonds. The largest absolute Gasteiger partial charge is 0.463 e. The fourth-order valence-electron chi connectivity index (χ4n) is 3.13. The number of ether oxygens (including phenoxy) is 1. The van der Waals surface area contributed by atoms with Gasteiger partial charge in [0, 0.05) is 5.56 Å². The Hall–Kier alpha value is -3.55. The summed E-state index contributed by atoms with van der Waals surface area (Å²) in [6.07, 6.45) is 0. The third-order valence-corrected chi connectivity index (χ3v) is 4.27. The molecule has 8 heteroatoms. The number of rotatable bonds is 4. The third-order valence-electron chi connectivity index (χ3n) is 4.27. The molecule has 136 valence electrons. The maximum atomic E-state index is 14.6. The summed E-state index contributed by atoms with van der Waals surface area (Å²) < 4.78 is 21.3. The van der Waals surface area contributed by atoms with Gasteiger partial charge in [0.2, 0.25) is 5.95 Å². The number of carbonyl (C=O) groups excluding carboxylic acids is 1. The van der Waals surface area contributed by atoms with Gasteiger partial charge in [-0.05, 0) is 29.0 Å². The highest BCUT2D eigenvalue weighted by Crippen LogP contribution is 2.39. The molecule has 0 bridgehead atoms. The number of tetrazole rings is 1. The van der Waals surface area contributed by atoms with Crippen LogP contribution in [0, 0.1) is 5.82 Å². The zero-order valence-corrected chi connectivity index (χ0v) is 14.5. The van der Waals surface area contributed by atoms with E-state index in [-0.39, 0.29) is 17.7 Å². The Morgan fingerprint density at radius 3 is 2.67 bits per heavy atom. The fourth-order valence-corrected chi connectivity index (χ4v) is 3.13. The van der Waals surface area contributed by atoms with E-state index in [1.165, 1.54) is 10.7 Å². The van der Waals surface area contributed by atoms with Crippen molar-refractivity contribution in [3.05, 3.63) is 77.1 Å². The van der Waals surface area contributed by atoms with Crippen LogP contribution in [-0.2, 0) is 9.53 Å². The zero-order valence-electron chi connectivity index (χ0n) is 14.5. The van der Waals surface area contributed by atoms with E-state index in [1.54, 1.807) is 25.1 Å². The Morgan fingerprint density at radius 1 is 1.19 bits per heavy atom. The molecule has 7 nitrogen and oxygen atoms in total. The molecule has 1 aliphatic heterocycles. The van der Waals surface area contributed by atoms with Crippen LogP contribution in [0.15, 0.2) is 60.2 Å². The molecule has 0 aliphatic carbocycles. The van der Waals surface area contributed by atoms with Crippen LogP contribution in [0.3, 0.4) is 0 Å². The summed E-state index contributed by atoms with van der Waals surface area (Å²) in [6.45, 7) is 1.91. The van der Waals surface area contributed by atoms with Crippen molar-refractivity contribution in [1.29, 1.82) is 0 Å². The van der Waals surface area contributed by atoms with Gasteiger partial charge in [-0.1, -0.05) is 53.6 Å². The van der Waals surface area contributed by atoms with E-state index in [2.05, 4.69) is 20.8 Å². The Bertz CT molecular complexity index is 1020. The van der Waals surface area contributed by atoms with Crippen molar-refractivity contribution in [2.75, 3.05) is 11.9 Å². The predicted octanol–water partition coefficient (Wildman–Crippen LogP) is 2.80. The number of hydrogen-bond donors (Lipinski definition) is 1. The number of carbonyl (C=O) groups is 1. The quantitative estimate of drug-likeness (QED) is 0.716. The van der Waals surface area contributed by atoms with Crippen LogP contribution in [0.1, 0.15) is 24.1 Å². The van der Waals surface area contributed by atoms with Crippen molar-refractivity contribution in [1.82, 2.24) is 20.2 Å². The van der Waals surface area contributed by atoms with Gasteiger partial charge in [0.1, 0.15) is 11.9 Å². The van der Waals surface area contributed by atoms with Gasteiger partial charge in [-0.25, -0.2) is 9.18 Å². The van der Waals surface area contributed by atoms with E-state index in [0.29, 0.717) is 11.6 Å². The highest BCUT2D eigenvalue weighted by molar-refractivity contribution is 6.02. The van der Waals surface area contributed by atoms with E-state index >= 15 is 0 Å². The Kier molecular flexibility index (Phi) is 4.37. The SMILES string of the molecule is CCOC(=O)C1=C(c2ccccc2)Nc2nnnn2C1c1ccccc1F. The number of aromatic nitrogens is 4. The molecule has 1 unspecified atom stereocenters. The molecule has 0 saturated heterocycles. The minimum absolute atomic E-state index is 0.191. The highest BCUT2D eigenvalue weighted by Gasteiger charge is 2.37. The van der Waals surface area contributed by atoms with E-state index in [1.807, 2.05) is 30.3 Å². The van der Waals surface area contributed by atoms with Crippen LogP contribution in [0.25, 0.3) is 5.70 Å². The molecule has 1 aromatic heterocycles. The van der Waals surface area contributed by atoms with Gasteiger partial charge in [0.05, 0.1) is 17.9 Å². The van der Waals surface area contributed by atoms with E-state index in [4.69, 9.17) is 4.74 Å². The average molecular weight is 365 g/mol. The molecule has 0 fully saturated rings. The van der Waals surface area contributed by atoms with Crippen LogP contribution in [0.5, 0.6) is 0 Å². The summed E-state index contributed by atoms with van der Waals surface area (Å²) in [5.74, 6) is -0.700. The normalized spacial score (nSPS) is 15.9. The van der Waals surface area contributed by atoms with Gasteiger partial charge in [-0.3, -0.25) is 0 Å². The first-order valence-corrected chi connectivity index (χ1v) is 8.46. The lowest BCUT2D eigenvalue weighted by Gasteiger charge is -2.29. The maximum absolute atomic E-state index is 14.6. The first kappa shape index (κ1) is 16.9. The summed E-state index contributed by atoms with van der Waals surface area (Å²) in [4.78, 5) is 12.9. The molecule has 2 aromatic carbocycles. The minimum atomic E-state index is -0.855. The smallest absolute Gasteiger partial charge is 0.338 e. The van der Waals surface area contributed by atoms with Gasteiger partial charge in [-0.15, -0.1) is 0 Å². The molecule has 4 rings (SSSR count). The maximum Gasteiger partial charge on any atom is 0.338 e. The minimum Gasteiger partial charge on any atom is -0.463 e. The second-order valence-electron chi connectivity index (χ2n) is 5.87. The van der Waals surface area contributed by atoms with Crippen molar-refractivity contribution in [3.8, 4) is 0 Å². The van der Waals surface area contributed by atoms with Crippen molar-refractivity contribution in [2.24, 2.45) is 0 Å². The molecular formula is C19H16FN5O2. The van der Waals surface area contributed by atoms with Crippen molar-refractivity contribution < 1.29 is 13.9 Å². The summed E-state index contributed by atoms with van der Waals surface area (Å²) in [5, 5.41) is 14.7. The second kappa shape index (κ2) is 6.99. The molecule has 2 heterocycles. The van der Waals surface area contributed by atoms with Crippen LogP contribution in [0.2, 0.25) is 0 Å². The first-order valence-electron chi connectivity index (χ1n) is 8.46. The molecule has 3 aromatic rings. The molecule has 0 saturated carbocycles. The van der Waals surface area contributed by atoms with Crippen molar-refractivity contribution >= 4 is 17.6 Å². The van der Waals surface area contributed by atoms with Gasteiger partial charge < -0.3 is 10.1 Å². The lowest BCUT2D eigenvalue weighted by Crippen LogP contribution is -2.30. The number of hydrogen-bond acceptors (Lipinski definition) is 6. The summed E-state index contributed by atoms with van der Waals surface area (Å²) in [5.41, 5.74) is 1.76. The van der Waals surface area contributed by atoms with Gasteiger partial charge >= 0.3 is 5.97 Å². The number of nitrogens with zero attached hydrogens (tertiary/aromatic N) is 4. The average Bonchev–Trinajstić information content (AvgIpc) is 3.16. The van der Waals surface area contributed by atoms with E-state index < -0.39 is 17.8 Å². The number of anilines is 1. The first-order chi connectivity index (χ1) is 13.2. The predicted molar refractivity (Wildman–Crippen MR) is 96.0 cm³/mol. The lowest BCUT2D eigenvalue weighted by atomic mass is 9.92. The molecule has 0 spiro atoms. The topological polar surface area (TPSA) is 81.9 Å². The van der Waals surface area contributed by atoms with E-state index in [0.717, 1.165) is 5.56 Å². The number of nitrogens with one attached hydrogen (secondary N) is 1. The lowest BCUT2D eigenvalue weighted by molar-refractivity contribution is -0.138. The van der Waals surface area contributed by atoms with Crippen LogP contribution >= 0.6 is 0 Å². The molecule has 0 radical (unpaired) electrons. The molecular weight excluding hydrogens is 349 g/mol. The van der Waals surface area contributed by atoms with Gasteiger partial charge in [0.15, 0.2) is 0 Å². The molecule has 1 N–H and O–H groups in total. The van der Waals surface area contributed by atoms with Crippen LogP contribution in [-0.4, -0.2) is 32.8 Å².